The molecule has 1 fully saturated rings. The Bertz CT molecular complexity index is 714. The molecule has 2 aromatic heterocycles. The lowest BCUT2D eigenvalue weighted by Gasteiger charge is -2.35. The number of anilines is 1. The SMILES string of the molecule is Cc1nc2ccc(NC(=O)N3CCCC3(C)CCCO)cn2n1. The predicted molar refractivity (Wildman–Crippen MR) is 87.4 cm³/mol. The summed E-state index contributed by atoms with van der Waals surface area (Å²) in [6.45, 7) is 4.84. The van der Waals surface area contributed by atoms with Crippen molar-refractivity contribution in [2.45, 2.75) is 45.1 Å². The summed E-state index contributed by atoms with van der Waals surface area (Å²) in [4.78, 5) is 18.8. The van der Waals surface area contributed by atoms with Gasteiger partial charge < -0.3 is 15.3 Å². The van der Waals surface area contributed by atoms with Crippen LogP contribution in [0.25, 0.3) is 5.65 Å². The van der Waals surface area contributed by atoms with Crippen molar-refractivity contribution in [2.75, 3.05) is 18.5 Å². The van der Waals surface area contributed by atoms with Crippen molar-refractivity contribution < 1.29 is 9.90 Å². The number of aliphatic hydroxyl groups is 1. The van der Waals surface area contributed by atoms with Crippen LogP contribution in [0.1, 0.15) is 38.4 Å². The number of aryl methyl sites for hydroxylation is 1. The maximum Gasteiger partial charge on any atom is 0.322 e. The molecule has 0 saturated carbocycles. The van der Waals surface area contributed by atoms with E-state index in [4.69, 9.17) is 5.11 Å². The molecule has 0 spiro atoms. The number of nitrogens with zero attached hydrogens (tertiary/aromatic N) is 4. The van der Waals surface area contributed by atoms with Gasteiger partial charge >= 0.3 is 6.03 Å². The van der Waals surface area contributed by atoms with Gasteiger partial charge in [0.2, 0.25) is 0 Å². The lowest BCUT2D eigenvalue weighted by Crippen LogP contribution is -2.47. The van der Waals surface area contributed by atoms with E-state index in [1.54, 1.807) is 10.7 Å². The molecule has 1 unspecified atom stereocenters. The molecule has 7 heteroatoms. The van der Waals surface area contributed by atoms with E-state index in [0.717, 1.165) is 31.5 Å². The van der Waals surface area contributed by atoms with Crippen LogP contribution in [-0.4, -0.2) is 49.3 Å². The van der Waals surface area contributed by atoms with Crippen LogP contribution in [0.4, 0.5) is 10.5 Å². The van der Waals surface area contributed by atoms with E-state index < -0.39 is 0 Å². The van der Waals surface area contributed by atoms with Gasteiger partial charge in [0.25, 0.3) is 0 Å². The van der Waals surface area contributed by atoms with Crippen molar-refractivity contribution in [3.63, 3.8) is 0 Å². The van der Waals surface area contributed by atoms with Crippen molar-refractivity contribution in [1.29, 1.82) is 0 Å². The molecule has 23 heavy (non-hydrogen) atoms. The largest absolute Gasteiger partial charge is 0.396 e. The number of likely N-dealkylation sites (tertiary alicyclic amines) is 1. The minimum absolute atomic E-state index is 0.0980. The van der Waals surface area contributed by atoms with Gasteiger partial charge in [-0.2, -0.15) is 5.10 Å². The molecule has 124 valence electrons. The molecule has 2 aromatic rings. The molecular weight excluding hydrogens is 294 g/mol. The smallest absolute Gasteiger partial charge is 0.322 e. The van der Waals surface area contributed by atoms with Gasteiger partial charge in [-0.15, -0.1) is 0 Å². The molecule has 0 radical (unpaired) electrons. The lowest BCUT2D eigenvalue weighted by atomic mass is 9.93. The van der Waals surface area contributed by atoms with Crippen molar-refractivity contribution in [3.05, 3.63) is 24.2 Å². The number of aromatic nitrogens is 3. The summed E-state index contributed by atoms with van der Waals surface area (Å²) in [7, 11) is 0. The second kappa shape index (κ2) is 6.16. The quantitative estimate of drug-likeness (QED) is 0.905. The number of nitrogens with one attached hydrogen (secondary N) is 1. The third kappa shape index (κ3) is 3.14. The first-order chi connectivity index (χ1) is 11.0. The summed E-state index contributed by atoms with van der Waals surface area (Å²) in [5, 5.41) is 16.3. The highest BCUT2D eigenvalue weighted by atomic mass is 16.3. The van der Waals surface area contributed by atoms with E-state index in [1.165, 1.54) is 0 Å². The van der Waals surface area contributed by atoms with Gasteiger partial charge in [0.05, 0.1) is 11.9 Å². The zero-order valence-electron chi connectivity index (χ0n) is 13.6. The molecule has 2 N–H and O–H groups in total. The maximum atomic E-state index is 12.6. The zero-order valence-corrected chi connectivity index (χ0v) is 13.6. The molecule has 2 amide bonds. The topological polar surface area (TPSA) is 82.8 Å². The van der Waals surface area contributed by atoms with Crippen molar-refractivity contribution in [3.8, 4) is 0 Å². The van der Waals surface area contributed by atoms with E-state index in [2.05, 4.69) is 22.3 Å². The fourth-order valence-corrected chi connectivity index (χ4v) is 3.35. The number of pyridine rings is 1. The van der Waals surface area contributed by atoms with Crippen molar-refractivity contribution >= 4 is 17.4 Å². The van der Waals surface area contributed by atoms with Crippen LogP contribution in [0.15, 0.2) is 18.3 Å². The Morgan fingerprint density at radius 2 is 2.30 bits per heavy atom. The third-order valence-electron chi connectivity index (χ3n) is 4.56. The molecule has 7 nitrogen and oxygen atoms in total. The van der Waals surface area contributed by atoms with E-state index in [9.17, 15) is 4.79 Å². The average Bonchev–Trinajstić information content (AvgIpc) is 3.07. The highest BCUT2D eigenvalue weighted by Crippen LogP contribution is 2.33. The Morgan fingerprint density at radius 1 is 1.48 bits per heavy atom. The first-order valence-electron chi connectivity index (χ1n) is 8.04. The lowest BCUT2D eigenvalue weighted by molar-refractivity contribution is 0.151. The number of hydrogen-bond donors (Lipinski definition) is 2. The normalized spacial score (nSPS) is 21.1. The van der Waals surface area contributed by atoms with Gasteiger partial charge in [0, 0.05) is 18.7 Å². The van der Waals surface area contributed by atoms with Crippen LogP contribution < -0.4 is 5.32 Å². The maximum absolute atomic E-state index is 12.6. The molecule has 1 aliphatic heterocycles. The molecular formula is C16H23N5O2. The van der Waals surface area contributed by atoms with Crippen LogP contribution in [0.2, 0.25) is 0 Å². The standard InChI is InChI=1S/C16H23N5O2/c1-12-17-14-6-5-13(11-21(14)19-12)18-15(23)20-9-3-7-16(20,2)8-4-10-22/h5-6,11,22H,3-4,7-10H2,1-2H3,(H,18,23). The van der Waals surface area contributed by atoms with Gasteiger partial charge in [-0.25, -0.2) is 14.3 Å². The fraction of sp³-hybridized carbons (Fsp3) is 0.562. The zero-order chi connectivity index (χ0) is 16.4. The Labute approximate surface area is 135 Å². The Kier molecular flexibility index (Phi) is 4.21. The highest BCUT2D eigenvalue weighted by molar-refractivity contribution is 5.90. The number of rotatable bonds is 4. The number of aliphatic hydroxyl groups excluding tert-OH is 1. The summed E-state index contributed by atoms with van der Waals surface area (Å²) < 4.78 is 1.67. The van der Waals surface area contributed by atoms with Gasteiger partial charge in [0.1, 0.15) is 5.82 Å². The third-order valence-corrected chi connectivity index (χ3v) is 4.56. The molecule has 3 rings (SSSR count). The number of amides is 2. The minimum atomic E-state index is -0.180. The molecule has 0 aliphatic carbocycles. The Hall–Kier alpha value is -2.15. The number of urea groups is 1. The first-order valence-corrected chi connectivity index (χ1v) is 8.04. The van der Waals surface area contributed by atoms with Gasteiger partial charge in [-0.05, 0) is 51.7 Å². The molecule has 0 aromatic carbocycles. The number of carbonyl (C=O) groups is 1. The van der Waals surface area contributed by atoms with Crippen LogP contribution in [-0.2, 0) is 0 Å². The van der Waals surface area contributed by atoms with Gasteiger partial charge in [-0.3, -0.25) is 0 Å². The summed E-state index contributed by atoms with van der Waals surface area (Å²) in [5.74, 6) is 0.699. The summed E-state index contributed by atoms with van der Waals surface area (Å²) >= 11 is 0. The van der Waals surface area contributed by atoms with Crippen molar-refractivity contribution in [2.24, 2.45) is 0 Å². The second-order valence-electron chi connectivity index (χ2n) is 6.39. The van der Waals surface area contributed by atoms with Crippen molar-refractivity contribution in [1.82, 2.24) is 19.5 Å². The molecule has 3 heterocycles. The number of fused-ring (bicyclic) bond motifs is 1. The molecule has 1 saturated heterocycles. The summed E-state index contributed by atoms with van der Waals surface area (Å²) in [6, 6.07) is 3.58. The summed E-state index contributed by atoms with van der Waals surface area (Å²) in [6.07, 6.45) is 5.27. The van der Waals surface area contributed by atoms with Crippen LogP contribution in [0.3, 0.4) is 0 Å². The summed E-state index contributed by atoms with van der Waals surface area (Å²) in [5.41, 5.74) is 1.28. The van der Waals surface area contributed by atoms with E-state index >= 15 is 0 Å². The van der Waals surface area contributed by atoms with Crippen LogP contribution in [0.5, 0.6) is 0 Å². The van der Waals surface area contributed by atoms with Gasteiger partial charge in [-0.1, -0.05) is 0 Å². The Morgan fingerprint density at radius 3 is 3.09 bits per heavy atom. The highest BCUT2D eigenvalue weighted by Gasteiger charge is 2.39. The molecule has 1 atom stereocenters. The van der Waals surface area contributed by atoms with Crippen LogP contribution in [0, 0.1) is 6.92 Å². The van der Waals surface area contributed by atoms with E-state index in [-0.39, 0.29) is 18.2 Å². The second-order valence-corrected chi connectivity index (χ2v) is 6.39. The van der Waals surface area contributed by atoms with E-state index in [1.807, 2.05) is 24.0 Å². The first kappa shape index (κ1) is 15.7. The number of hydrogen-bond acceptors (Lipinski definition) is 4. The average molecular weight is 317 g/mol. The van der Waals surface area contributed by atoms with E-state index in [0.29, 0.717) is 17.9 Å². The van der Waals surface area contributed by atoms with Gasteiger partial charge in [0.15, 0.2) is 5.65 Å². The predicted octanol–water partition coefficient (Wildman–Crippen LogP) is 2.20. The minimum Gasteiger partial charge on any atom is -0.396 e. The fourth-order valence-electron chi connectivity index (χ4n) is 3.35. The van der Waals surface area contributed by atoms with Crippen LogP contribution >= 0.6 is 0 Å². The molecule has 0 bridgehead atoms. The Balaban J connectivity index is 1.74. The number of carbonyl (C=O) groups excluding carboxylic acids is 1. The monoisotopic (exact) mass is 317 g/mol. The molecule has 1 aliphatic rings.